The molecule has 3 heteroatoms. The van der Waals surface area contributed by atoms with Crippen molar-refractivity contribution in [1.82, 2.24) is 9.97 Å². The van der Waals surface area contributed by atoms with Crippen molar-refractivity contribution in [3.8, 4) is 17.3 Å². The molecule has 1 aromatic carbocycles. The fourth-order valence-corrected chi connectivity index (χ4v) is 2.09. The third kappa shape index (κ3) is 2.04. The van der Waals surface area contributed by atoms with E-state index in [1.165, 1.54) is 0 Å². The van der Waals surface area contributed by atoms with E-state index in [2.05, 4.69) is 16.0 Å². The van der Waals surface area contributed by atoms with Gasteiger partial charge >= 0.3 is 0 Å². The van der Waals surface area contributed by atoms with Gasteiger partial charge in [-0.15, -0.1) is 0 Å². The predicted octanol–water partition coefficient (Wildman–Crippen LogP) is 3.48. The maximum absolute atomic E-state index is 9.30. The Bertz CT molecular complexity index is 786. The number of hydrogen-bond acceptors (Lipinski definition) is 3. The lowest BCUT2D eigenvalue weighted by Crippen LogP contribution is -1.90. The predicted molar refractivity (Wildman–Crippen MR) is 74.4 cm³/mol. The Morgan fingerprint density at radius 1 is 1.16 bits per heavy atom. The van der Waals surface area contributed by atoms with E-state index in [0.29, 0.717) is 5.56 Å². The van der Waals surface area contributed by atoms with Crippen molar-refractivity contribution >= 4 is 10.9 Å². The van der Waals surface area contributed by atoms with E-state index in [-0.39, 0.29) is 0 Å². The number of rotatable bonds is 1. The molecule has 3 aromatic rings. The van der Waals surface area contributed by atoms with Gasteiger partial charge in [0.05, 0.1) is 22.8 Å². The maximum atomic E-state index is 9.30. The summed E-state index contributed by atoms with van der Waals surface area (Å²) in [5.41, 5.74) is 4.30. The van der Waals surface area contributed by atoms with Crippen molar-refractivity contribution in [2.45, 2.75) is 6.92 Å². The summed E-state index contributed by atoms with van der Waals surface area (Å²) in [5.74, 6) is 0. The van der Waals surface area contributed by atoms with Gasteiger partial charge < -0.3 is 0 Å². The summed E-state index contributed by atoms with van der Waals surface area (Å²) >= 11 is 0. The van der Waals surface area contributed by atoms with Crippen LogP contribution in [-0.4, -0.2) is 9.97 Å². The SMILES string of the molecule is Cc1ccc2nc(-c3cccnc3)cc(C#N)c2c1. The molecular weight excluding hydrogens is 234 g/mol. The summed E-state index contributed by atoms with van der Waals surface area (Å²) in [6.07, 6.45) is 3.47. The lowest BCUT2D eigenvalue weighted by Gasteiger charge is -2.05. The van der Waals surface area contributed by atoms with Gasteiger partial charge in [0.1, 0.15) is 0 Å². The Labute approximate surface area is 111 Å². The molecule has 0 bridgehead atoms. The minimum atomic E-state index is 0.646. The Morgan fingerprint density at radius 3 is 2.79 bits per heavy atom. The molecule has 0 radical (unpaired) electrons. The monoisotopic (exact) mass is 245 g/mol. The average molecular weight is 245 g/mol. The first-order chi connectivity index (χ1) is 9.28. The number of nitriles is 1. The fourth-order valence-electron chi connectivity index (χ4n) is 2.09. The number of aromatic nitrogens is 2. The van der Waals surface area contributed by atoms with Crippen molar-refractivity contribution in [2.75, 3.05) is 0 Å². The molecule has 0 unspecified atom stereocenters. The maximum Gasteiger partial charge on any atom is 0.0999 e. The van der Waals surface area contributed by atoms with Crippen LogP contribution in [0.25, 0.3) is 22.2 Å². The third-order valence-electron chi connectivity index (χ3n) is 3.04. The zero-order valence-corrected chi connectivity index (χ0v) is 10.5. The first-order valence-electron chi connectivity index (χ1n) is 6.00. The molecule has 0 spiro atoms. The van der Waals surface area contributed by atoms with Crippen molar-refractivity contribution in [3.63, 3.8) is 0 Å². The molecule has 2 heterocycles. The minimum Gasteiger partial charge on any atom is -0.264 e. The van der Waals surface area contributed by atoms with Gasteiger partial charge in [0, 0.05) is 23.3 Å². The molecule has 0 aliphatic heterocycles. The highest BCUT2D eigenvalue weighted by atomic mass is 14.7. The number of benzene rings is 1. The highest BCUT2D eigenvalue weighted by molar-refractivity contribution is 5.87. The zero-order chi connectivity index (χ0) is 13.2. The normalized spacial score (nSPS) is 10.3. The first-order valence-corrected chi connectivity index (χ1v) is 6.00. The molecule has 2 aromatic heterocycles. The van der Waals surface area contributed by atoms with Gasteiger partial charge in [-0.1, -0.05) is 11.6 Å². The summed E-state index contributed by atoms with van der Waals surface area (Å²) in [4.78, 5) is 8.69. The highest BCUT2D eigenvalue weighted by Gasteiger charge is 2.07. The van der Waals surface area contributed by atoms with Crippen LogP contribution < -0.4 is 0 Å². The second kappa shape index (κ2) is 4.51. The van der Waals surface area contributed by atoms with Crippen LogP contribution in [-0.2, 0) is 0 Å². The standard InChI is InChI=1S/C16H11N3/c1-11-4-5-15-14(7-11)13(9-17)8-16(19-15)12-3-2-6-18-10-12/h2-8,10H,1H3. The van der Waals surface area contributed by atoms with Crippen LogP contribution in [0, 0.1) is 18.3 Å². The Balaban J connectivity index is 2.30. The van der Waals surface area contributed by atoms with E-state index in [9.17, 15) is 5.26 Å². The van der Waals surface area contributed by atoms with Crippen LogP contribution >= 0.6 is 0 Å². The Morgan fingerprint density at radius 2 is 2.05 bits per heavy atom. The molecular formula is C16H11N3. The molecule has 0 fully saturated rings. The molecule has 3 nitrogen and oxygen atoms in total. The van der Waals surface area contributed by atoms with Crippen LogP contribution in [0.1, 0.15) is 11.1 Å². The van der Waals surface area contributed by atoms with E-state index in [0.717, 1.165) is 27.7 Å². The van der Waals surface area contributed by atoms with E-state index in [1.807, 2.05) is 43.3 Å². The lowest BCUT2D eigenvalue weighted by atomic mass is 10.0. The van der Waals surface area contributed by atoms with Gasteiger partial charge in [0.25, 0.3) is 0 Å². The zero-order valence-electron chi connectivity index (χ0n) is 10.5. The highest BCUT2D eigenvalue weighted by Crippen LogP contribution is 2.24. The third-order valence-corrected chi connectivity index (χ3v) is 3.04. The lowest BCUT2D eigenvalue weighted by molar-refractivity contribution is 1.30. The van der Waals surface area contributed by atoms with Gasteiger partial charge in [-0.2, -0.15) is 5.26 Å². The van der Waals surface area contributed by atoms with Crippen molar-refractivity contribution in [2.24, 2.45) is 0 Å². The number of fused-ring (bicyclic) bond motifs is 1. The number of hydrogen-bond donors (Lipinski definition) is 0. The summed E-state index contributed by atoms with van der Waals surface area (Å²) in [6.45, 7) is 2.01. The molecule has 0 saturated carbocycles. The Hall–Kier alpha value is -2.73. The summed E-state index contributed by atoms with van der Waals surface area (Å²) in [5, 5.41) is 10.2. The second-order valence-corrected chi connectivity index (χ2v) is 4.43. The summed E-state index contributed by atoms with van der Waals surface area (Å²) < 4.78 is 0. The van der Waals surface area contributed by atoms with Crippen molar-refractivity contribution < 1.29 is 0 Å². The van der Waals surface area contributed by atoms with E-state index < -0.39 is 0 Å². The van der Waals surface area contributed by atoms with E-state index in [4.69, 9.17) is 0 Å². The largest absolute Gasteiger partial charge is 0.264 e. The molecule has 0 aliphatic carbocycles. The van der Waals surface area contributed by atoms with Crippen molar-refractivity contribution in [1.29, 1.82) is 5.26 Å². The topological polar surface area (TPSA) is 49.6 Å². The summed E-state index contributed by atoms with van der Waals surface area (Å²) in [7, 11) is 0. The fraction of sp³-hybridized carbons (Fsp3) is 0.0625. The van der Waals surface area contributed by atoms with Crippen LogP contribution in [0.4, 0.5) is 0 Å². The van der Waals surface area contributed by atoms with E-state index >= 15 is 0 Å². The minimum absolute atomic E-state index is 0.646. The molecule has 0 atom stereocenters. The molecule has 3 rings (SSSR count). The molecule has 19 heavy (non-hydrogen) atoms. The Kier molecular flexibility index (Phi) is 2.70. The molecule has 0 saturated heterocycles. The van der Waals surface area contributed by atoms with Gasteiger partial charge in [-0.25, -0.2) is 4.98 Å². The van der Waals surface area contributed by atoms with Gasteiger partial charge in [0.2, 0.25) is 0 Å². The number of pyridine rings is 2. The van der Waals surface area contributed by atoms with Crippen LogP contribution in [0.3, 0.4) is 0 Å². The van der Waals surface area contributed by atoms with Crippen molar-refractivity contribution in [3.05, 3.63) is 59.9 Å². The van der Waals surface area contributed by atoms with Gasteiger partial charge in [0.15, 0.2) is 0 Å². The number of nitrogens with zero attached hydrogens (tertiary/aromatic N) is 3. The molecule has 0 aliphatic rings. The van der Waals surface area contributed by atoms with Gasteiger partial charge in [-0.05, 0) is 37.3 Å². The van der Waals surface area contributed by atoms with Crippen LogP contribution in [0.2, 0.25) is 0 Å². The number of aryl methyl sites for hydroxylation is 1. The second-order valence-electron chi connectivity index (χ2n) is 4.43. The average Bonchev–Trinajstić information content (AvgIpc) is 2.47. The smallest absolute Gasteiger partial charge is 0.0999 e. The molecule has 0 N–H and O–H groups in total. The molecule has 90 valence electrons. The van der Waals surface area contributed by atoms with Crippen LogP contribution in [0.15, 0.2) is 48.8 Å². The van der Waals surface area contributed by atoms with Gasteiger partial charge in [-0.3, -0.25) is 4.98 Å². The van der Waals surface area contributed by atoms with E-state index in [1.54, 1.807) is 12.4 Å². The quantitative estimate of drug-likeness (QED) is 0.659. The first kappa shape index (κ1) is 11.4. The summed E-state index contributed by atoms with van der Waals surface area (Å²) in [6, 6.07) is 13.8. The molecule has 0 amide bonds. The van der Waals surface area contributed by atoms with Crippen LogP contribution in [0.5, 0.6) is 0 Å².